The zero-order chi connectivity index (χ0) is 16.2. The zero-order valence-corrected chi connectivity index (χ0v) is 14.3. The molecular weight excluding hydrogens is 279 g/mol. The van der Waals surface area contributed by atoms with E-state index in [-0.39, 0.29) is 17.5 Å². The molecule has 4 heteroatoms. The fourth-order valence-electron chi connectivity index (χ4n) is 3.13. The Kier molecular flexibility index (Phi) is 5.81. The van der Waals surface area contributed by atoms with Gasteiger partial charge in [-0.05, 0) is 64.6 Å². The Morgan fingerprint density at radius 2 is 2.05 bits per heavy atom. The van der Waals surface area contributed by atoms with Crippen LogP contribution in [0, 0.1) is 5.82 Å². The van der Waals surface area contributed by atoms with E-state index in [4.69, 9.17) is 4.74 Å². The highest BCUT2D eigenvalue weighted by Gasteiger charge is 2.33. The highest BCUT2D eigenvalue weighted by atomic mass is 19.1. The van der Waals surface area contributed by atoms with Crippen LogP contribution in [0.1, 0.15) is 52.1 Å². The van der Waals surface area contributed by atoms with Crippen LogP contribution in [0.2, 0.25) is 0 Å². The number of fused-ring (bicyclic) bond motifs is 1. The van der Waals surface area contributed by atoms with Gasteiger partial charge in [-0.15, -0.1) is 0 Å². The van der Waals surface area contributed by atoms with Crippen LogP contribution in [-0.2, 0) is 0 Å². The molecule has 0 saturated heterocycles. The second-order valence-corrected chi connectivity index (χ2v) is 6.64. The van der Waals surface area contributed by atoms with E-state index in [1.54, 1.807) is 12.1 Å². The standard InChI is InChI=1S/C18H29FN2O/c1-5-21(6-2)11-7-10-20-16-13-18(3,4)22-17-9-8-14(19)12-15(16)17/h8-9,12,16,20H,5-7,10-11,13H2,1-4H3. The molecule has 1 aromatic rings. The molecule has 1 aliphatic heterocycles. The van der Waals surface area contributed by atoms with Gasteiger partial charge in [-0.2, -0.15) is 0 Å². The molecule has 0 bridgehead atoms. The third-order valence-corrected chi connectivity index (χ3v) is 4.37. The van der Waals surface area contributed by atoms with Crippen LogP contribution < -0.4 is 10.1 Å². The van der Waals surface area contributed by atoms with Crippen molar-refractivity contribution >= 4 is 0 Å². The Labute approximate surface area is 133 Å². The maximum absolute atomic E-state index is 13.6. The molecule has 1 heterocycles. The molecule has 0 fully saturated rings. The van der Waals surface area contributed by atoms with E-state index in [0.717, 1.165) is 50.3 Å². The molecule has 0 radical (unpaired) electrons. The average Bonchev–Trinajstić information content (AvgIpc) is 2.47. The predicted molar refractivity (Wildman–Crippen MR) is 88.9 cm³/mol. The number of halogens is 1. The molecule has 0 amide bonds. The Bertz CT molecular complexity index is 486. The number of nitrogens with one attached hydrogen (secondary N) is 1. The Morgan fingerprint density at radius 3 is 2.73 bits per heavy atom. The van der Waals surface area contributed by atoms with Gasteiger partial charge in [0.1, 0.15) is 17.2 Å². The SMILES string of the molecule is CCN(CC)CCCNC1CC(C)(C)Oc2ccc(F)cc21. The fraction of sp³-hybridized carbons (Fsp3) is 0.667. The van der Waals surface area contributed by atoms with Crippen LogP contribution in [0.4, 0.5) is 4.39 Å². The summed E-state index contributed by atoms with van der Waals surface area (Å²) in [6.45, 7) is 12.8. The Morgan fingerprint density at radius 1 is 1.32 bits per heavy atom. The molecule has 124 valence electrons. The molecule has 22 heavy (non-hydrogen) atoms. The van der Waals surface area contributed by atoms with E-state index in [1.807, 2.05) is 0 Å². The molecule has 0 aliphatic carbocycles. The van der Waals surface area contributed by atoms with Gasteiger partial charge in [0.05, 0.1) is 0 Å². The number of hydrogen-bond donors (Lipinski definition) is 1. The highest BCUT2D eigenvalue weighted by Crippen LogP contribution is 2.39. The number of ether oxygens (including phenoxy) is 1. The predicted octanol–water partition coefficient (Wildman–Crippen LogP) is 3.75. The first-order chi connectivity index (χ1) is 10.4. The minimum Gasteiger partial charge on any atom is -0.487 e. The minimum atomic E-state index is -0.221. The second-order valence-electron chi connectivity index (χ2n) is 6.64. The van der Waals surface area contributed by atoms with Crippen LogP contribution >= 0.6 is 0 Å². The molecule has 2 rings (SSSR count). The van der Waals surface area contributed by atoms with Crippen LogP contribution in [0.5, 0.6) is 5.75 Å². The van der Waals surface area contributed by atoms with Crippen LogP contribution in [0.3, 0.4) is 0 Å². The summed E-state index contributed by atoms with van der Waals surface area (Å²) < 4.78 is 19.5. The first kappa shape index (κ1) is 17.2. The molecule has 3 nitrogen and oxygen atoms in total. The van der Waals surface area contributed by atoms with Gasteiger partial charge in [0.15, 0.2) is 0 Å². The summed E-state index contributed by atoms with van der Waals surface area (Å²) in [6, 6.07) is 4.98. The third-order valence-electron chi connectivity index (χ3n) is 4.37. The quantitative estimate of drug-likeness (QED) is 0.776. The number of benzene rings is 1. The molecule has 1 aromatic carbocycles. The van der Waals surface area contributed by atoms with Crippen molar-refractivity contribution < 1.29 is 9.13 Å². The lowest BCUT2D eigenvalue weighted by Gasteiger charge is -2.38. The van der Waals surface area contributed by atoms with Crippen LogP contribution in [0.15, 0.2) is 18.2 Å². The summed E-state index contributed by atoms with van der Waals surface area (Å²) in [5.74, 6) is 0.607. The van der Waals surface area contributed by atoms with Gasteiger partial charge in [0, 0.05) is 18.0 Å². The summed E-state index contributed by atoms with van der Waals surface area (Å²) >= 11 is 0. The number of nitrogens with zero attached hydrogens (tertiary/aromatic N) is 1. The minimum absolute atomic E-state index is 0.158. The van der Waals surface area contributed by atoms with Crippen molar-refractivity contribution in [3.63, 3.8) is 0 Å². The van der Waals surface area contributed by atoms with Crippen molar-refractivity contribution in [1.29, 1.82) is 0 Å². The first-order valence-corrected chi connectivity index (χ1v) is 8.39. The van der Waals surface area contributed by atoms with Crippen molar-refractivity contribution in [2.75, 3.05) is 26.2 Å². The summed E-state index contributed by atoms with van der Waals surface area (Å²) in [5, 5.41) is 3.59. The van der Waals surface area contributed by atoms with E-state index >= 15 is 0 Å². The monoisotopic (exact) mass is 308 g/mol. The number of hydrogen-bond acceptors (Lipinski definition) is 3. The summed E-state index contributed by atoms with van der Waals surface area (Å²) in [6.07, 6.45) is 1.96. The molecule has 1 unspecified atom stereocenters. The molecule has 1 N–H and O–H groups in total. The normalized spacial score (nSPS) is 19.8. The number of rotatable bonds is 7. The smallest absolute Gasteiger partial charge is 0.125 e. The van der Waals surface area contributed by atoms with Gasteiger partial charge in [0.2, 0.25) is 0 Å². The van der Waals surface area contributed by atoms with Crippen LogP contribution in [0.25, 0.3) is 0 Å². The fourth-order valence-corrected chi connectivity index (χ4v) is 3.13. The molecule has 1 aliphatic rings. The van der Waals surface area contributed by atoms with Crippen molar-refractivity contribution in [3.05, 3.63) is 29.6 Å². The lowest BCUT2D eigenvalue weighted by molar-refractivity contribution is 0.0656. The van der Waals surface area contributed by atoms with Crippen molar-refractivity contribution in [1.82, 2.24) is 10.2 Å². The van der Waals surface area contributed by atoms with Gasteiger partial charge in [-0.3, -0.25) is 0 Å². The van der Waals surface area contributed by atoms with Gasteiger partial charge < -0.3 is 15.0 Å². The van der Waals surface area contributed by atoms with Gasteiger partial charge >= 0.3 is 0 Å². The molecule has 0 spiro atoms. The first-order valence-electron chi connectivity index (χ1n) is 8.39. The van der Waals surface area contributed by atoms with E-state index in [0.29, 0.717) is 0 Å². The summed E-state index contributed by atoms with van der Waals surface area (Å²) in [4.78, 5) is 2.42. The maximum Gasteiger partial charge on any atom is 0.125 e. The molecular formula is C18H29FN2O. The second kappa shape index (κ2) is 7.42. The summed E-state index contributed by atoms with van der Waals surface area (Å²) in [7, 11) is 0. The molecule has 0 aromatic heterocycles. The Balaban J connectivity index is 1.97. The lowest BCUT2D eigenvalue weighted by Crippen LogP contribution is -2.40. The summed E-state index contributed by atoms with van der Waals surface area (Å²) in [5.41, 5.74) is 0.726. The zero-order valence-electron chi connectivity index (χ0n) is 14.3. The molecule has 0 saturated carbocycles. The van der Waals surface area contributed by atoms with Gasteiger partial charge in [-0.1, -0.05) is 13.8 Å². The van der Waals surface area contributed by atoms with Crippen LogP contribution in [-0.4, -0.2) is 36.7 Å². The van der Waals surface area contributed by atoms with Gasteiger partial charge in [-0.25, -0.2) is 4.39 Å². The third kappa shape index (κ3) is 4.43. The topological polar surface area (TPSA) is 24.5 Å². The largest absolute Gasteiger partial charge is 0.487 e. The van der Waals surface area contributed by atoms with Gasteiger partial charge in [0.25, 0.3) is 0 Å². The van der Waals surface area contributed by atoms with Crippen molar-refractivity contribution in [3.8, 4) is 5.75 Å². The van der Waals surface area contributed by atoms with Crippen molar-refractivity contribution in [2.24, 2.45) is 0 Å². The highest BCUT2D eigenvalue weighted by molar-refractivity contribution is 5.39. The van der Waals surface area contributed by atoms with E-state index in [9.17, 15) is 4.39 Å². The molecule has 1 atom stereocenters. The Hall–Kier alpha value is -1.13. The maximum atomic E-state index is 13.6. The lowest BCUT2D eigenvalue weighted by atomic mass is 9.89. The average molecular weight is 308 g/mol. The van der Waals surface area contributed by atoms with Crippen molar-refractivity contribution in [2.45, 2.75) is 52.2 Å². The van der Waals surface area contributed by atoms with E-state index in [2.05, 4.69) is 37.9 Å². The van der Waals surface area contributed by atoms with E-state index < -0.39 is 0 Å². The van der Waals surface area contributed by atoms with E-state index in [1.165, 1.54) is 6.07 Å².